The lowest BCUT2D eigenvalue weighted by molar-refractivity contribution is -0.385. The van der Waals surface area contributed by atoms with Crippen LogP contribution in [0, 0.1) is 10.1 Å². The van der Waals surface area contributed by atoms with E-state index < -0.39 is 28.7 Å². The fraction of sp³-hybridized carbons (Fsp3) is 0.0769. The van der Waals surface area contributed by atoms with Crippen molar-refractivity contribution in [3.05, 3.63) is 92.8 Å². The van der Waals surface area contributed by atoms with E-state index in [2.05, 4.69) is 10.1 Å². The number of nitro groups is 1. The van der Waals surface area contributed by atoms with Crippen LogP contribution in [0.2, 0.25) is 0 Å². The quantitative estimate of drug-likeness (QED) is 0.183. The summed E-state index contributed by atoms with van der Waals surface area (Å²) >= 11 is 0. The van der Waals surface area contributed by atoms with Gasteiger partial charge in [-0.15, -0.1) is 0 Å². The molecule has 0 spiro atoms. The van der Waals surface area contributed by atoms with Gasteiger partial charge in [0.2, 0.25) is 11.6 Å². The minimum absolute atomic E-state index is 0.0710. The number of hydrogen-bond donors (Lipinski definition) is 1. The first-order chi connectivity index (χ1) is 18.4. The van der Waals surface area contributed by atoms with Crippen molar-refractivity contribution in [2.24, 2.45) is 5.10 Å². The molecule has 0 bridgehead atoms. The zero-order valence-corrected chi connectivity index (χ0v) is 19.7. The highest BCUT2D eigenvalue weighted by atomic mass is 16.6. The highest BCUT2D eigenvalue weighted by molar-refractivity contribution is 5.89. The number of carbonyl (C=O) groups is 1. The molecule has 1 N–H and O–H groups in total. The van der Waals surface area contributed by atoms with Crippen LogP contribution in [0.15, 0.2) is 81.0 Å². The van der Waals surface area contributed by atoms with Gasteiger partial charge in [0.15, 0.2) is 12.4 Å². The summed E-state index contributed by atoms with van der Waals surface area (Å²) in [5, 5.41) is 25.7. The van der Waals surface area contributed by atoms with Crippen molar-refractivity contribution in [1.29, 1.82) is 0 Å². The third-order valence-corrected chi connectivity index (χ3v) is 5.59. The Morgan fingerprint density at radius 3 is 2.71 bits per heavy atom. The van der Waals surface area contributed by atoms with Crippen molar-refractivity contribution >= 4 is 39.7 Å². The molecular formula is C26H18N4O8. The molecule has 38 heavy (non-hydrogen) atoms. The minimum atomic E-state index is -1.32. The monoisotopic (exact) mass is 514 g/mol. The Kier molecular flexibility index (Phi) is 6.27. The van der Waals surface area contributed by atoms with E-state index in [0.717, 1.165) is 10.9 Å². The van der Waals surface area contributed by atoms with Gasteiger partial charge >= 0.3 is 11.7 Å². The van der Waals surface area contributed by atoms with Crippen LogP contribution >= 0.6 is 0 Å². The smallest absolute Gasteiger partial charge is 0.341 e. The molecule has 2 heterocycles. The number of nitrogens with zero attached hydrogens (tertiary/aromatic N) is 4. The van der Waals surface area contributed by atoms with Crippen LogP contribution in [-0.4, -0.2) is 45.6 Å². The first kappa shape index (κ1) is 24.2. The lowest BCUT2D eigenvalue weighted by Gasteiger charge is -2.09. The summed E-state index contributed by atoms with van der Waals surface area (Å²) in [7, 11) is 1.53. The molecule has 0 aliphatic rings. The second kappa shape index (κ2) is 9.85. The van der Waals surface area contributed by atoms with Crippen LogP contribution < -0.4 is 15.0 Å². The molecule has 3 aromatic carbocycles. The lowest BCUT2D eigenvalue weighted by atomic mass is 10.2. The predicted molar refractivity (Wildman–Crippen MR) is 137 cm³/mol. The topological polar surface area (TPSA) is 159 Å². The van der Waals surface area contributed by atoms with E-state index >= 15 is 0 Å². The fourth-order valence-electron chi connectivity index (χ4n) is 3.91. The van der Waals surface area contributed by atoms with Crippen molar-refractivity contribution in [1.82, 2.24) is 9.66 Å². The van der Waals surface area contributed by atoms with Crippen molar-refractivity contribution < 1.29 is 28.7 Å². The highest BCUT2D eigenvalue weighted by Crippen LogP contribution is 2.33. The zero-order chi connectivity index (χ0) is 26.8. The van der Waals surface area contributed by atoms with Crippen molar-refractivity contribution in [3.63, 3.8) is 0 Å². The van der Waals surface area contributed by atoms with Crippen molar-refractivity contribution in [3.8, 4) is 23.1 Å². The van der Waals surface area contributed by atoms with Gasteiger partial charge in [-0.1, -0.05) is 24.3 Å². The summed E-state index contributed by atoms with van der Waals surface area (Å²) in [6.45, 7) is -0.810. The number of benzene rings is 3. The van der Waals surface area contributed by atoms with Gasteiger partial charge in [0.1, 0.15) is 11.3 Å². The average Bonchev–Trinajstić information content (AvgIpc) is 3.35. The van der Waals surface area contributed by atoms with Crippen LogP contribution in [-0.2, 0) is 4.79 Å². The number of carboxylic acid groups (broad SMARTS) is 1. The Balaban J connectivity index is 1.71. The van der Waals surface area contributed by atoms with E-state index in [0.29, 0.717) is 22.2 Å². The van der Waals surface area contributed by atoms with Gasteiger partial charge in [-0.3, -0.25) is 14.9 Å². The van der Waals surface area contributed by atoms with E-state index in [1.807, 2.05) is 0 Å². The number of rotatable bonds is 8. The SMILES string of the molecule is COc1cccc2oc(-c3nc4ccccc4c(=O)n3N=Cc3cccc([N+](=O)[O-])c3OCC(=O)O)cc12. The first-order valence-electron chi connectivity index (χ1n) is 11.1. The average molecular weight is 514 g/mol. The molecule has 12 heteroatoms. The summed E-state index contributed by atoms with van der Waals surface area (Å²) < 4.78 is 17.6. The second-order valence-corrected chi connectivity index (χ2v) is 7.93. The standard InChI is InChI=1S/C26H18N4O8/c1-36-20-10-5-11-21-17(20)12-22(38-21)25-28-18-8-3-2-7-16(18)26(33)29(25)27-13-15-6-4-9-19(30(34)35)24(15)37-14-23(31)32/h2-13H,14H2,1H3,(H,31,32). The van der Waals surface area contributed by atoms with E-state index in [9.17, 15) is 19.7 Å². The van der Waals surface area contributed by atoms with Gasteiger partial charge in [-0.2, -0.15) is 9.78 Å². The Morgan fingerprint density at radius 2 is 1.95 bits per heavy atom. The van der Waals surface area contributed by atoms with Gasteiger partial charge in [-0.05, 0) is 36.4 Å². The third-order valence-electron chi connectivity index (χ3n) is 5.59. The summed E-state index contributed by atoms with van der Waals surface area (Å²) in [5.41, 5.74) is 0.0155. The summed E-state index contributed by atoms with van der Waals surface area (Å²) in [5.74, 6) is -0.760. The third kappa shape index (κ3) is 4.41. The maximum Gasteiger partial charge on any atom is 0.341 e. The molecule has 2 aromatic heterocycles. The van der Waals surface area contributed by atoms with Crippen LogP contribution in [0.5, 0.6) is 11.5 Å². The van der Waals surface area contributed by atoms with Crippen molar-refractivity contribution in [2.45, 2.75) is 0 Å². The highest BCUT2D eigenvalue weighted by Gasteiger charge is 2.21. The predicted octanol–water partition coefficient (Wildman–Crippen LogP) is 4.07. The number of aromatic nitrogens is 2. The van der Waals surface area contributed by atoms with Gasteiger partial charge < -0.3 is 19.0 Å². The lowest BCUT2D eigenvalue weighted by Crippen LogP contribution is -2.20. The van der Waals surface area contributed by atoms with Crippen LogP contribution in [0.4, 0.5) is 5.69 Å². The maximum absolute atomic E-state index is 13.5. The maximum atomic E-state index is 13.5. The number of aliphatic carboxylic acids is 1. The summed E-state index contributed by atoms with van der Waals surface area (Å²) in [6, 6.07) is 17.6. The normalized spacial score (nSPS) is 11.3. The number of furan rings is 1. The molecule has 0 aliphatic carbocycles. The molecule has 0 aliphatic heterocycles. The Bertz CT molecular complexity index is 1800. The number of hydrogen-bond acceptors (Lipinski definition) is 9. The van der Waals surface area contributed by atoms with Crippen LogP contribution in [0.1, 0.15) is 5.56 Å². The number of ether oxygens (including phenoxy) is 2. The molecule has 0 fully saturated rings. The number of methoxy groups -OCH3 is 1. The van der Waals surface area contributed by atoms with E-state index in [4.69, 9.17) is 19.0 Å². The number of para-hydroxylation sites is 2. The summed E-state index contributed by atoms with van der Waals surface area (Å²) in [6.07, 6.45) is 1.16. The number of nitro benzene ring substituents is 1. The van der Waals surface area contributed by atoms with E-state index in [1.54, 1.807) is 48.5 Å². The molecule has 5 rings (SSSR count). The summed E-state index contributed by atoms with van der Waals surface area (Å²) in [4.78, 5) is 39.9. The second-order valence-electron chi connectivity index (χ2n) is 7.93. The zero-order valence-electron chi connectivity index (χ0n) is 19.7. The molecule has 0 amide bonds. The van der Waals surface area contributed by atoms with Gasteiger partial charge in [0.05, 0.1) is 34.5 Å². The molecule has 0 radical (unpaired) electrons. The molecule has 0 atom stereocenters. The largest absolute Gasteiger partial charge is 0.496 e. The molecule has 190 valence electrons. The van der Waals surface area contributed by atoms with Crippen molar-refractivity contribution in [2.75, 3.05) is 13.7 Å². The van der Waals surface area contributed by atoms with Gasteiger partial charge in [0, 0.05) is 11.6 Å². The Labute approximate surface area is 213 Å². The van der Waals surface area contributed by atoms with Gasteiger partial charge in [-0.25, -0.2) is 9.78 Å². The fourth-order valence-corrected chi connectivity index (χ4v) is 3.91. The number of carboxylic acids is 1. The van der Waals surface area contributed by atoms with E-state index in [-0.39, 0.29) is 28.3 Å². The molecule has 12 nitrogen and oxygen atoms in total. The molecular weight excluding hydrogens is 496 g/mol. The minimum Gasteiger partial charge on any atom is -0.496 e. The Morgan fingerprint density at radius 1 is 1.16 bits per heavy atom. The van der Waals surface area contributed by atoms with E-state index in [1.165, 1.54) is 25.3 Å². The van der Waals surface area contributed by atoms with Gasteiger partial charge in [0.25, 0.3) is 5.56 Å². The van der Waals surface area contributed by atoms with Crippen LogP contribution in [0.3, 0.4) is 0 Å². The molecule has 0 unspecified atom stereocenters. The van der Waals surface area contributed by atoms with Crippen LogP contribution in [0.25, 0.3) is 33.5 Å². The molecule has 5 aromatic rings. The molecule has 0 saturated carbocycles. The first-order valence-corrected chi connectivity index (χ1v) is 11.1. The number of fused-ring (bicyclic) bond motifs is 2. The molecule has 0 saturated heterocycles. The Hall–Kier alpha value is -5.52.